The Balaban J connectivity index is 2.16. The van der Waals surface area contributed by atoms with E-state index in [0.717, 1.165) is 39.2 Å². The molecule has 1 atom stereocenters. The summed E-state index contributed by atoms with van der Waals surface area (Å²) in [6, 6.07) is 11.4. The van der Waals surface area contributed by atoms with E-state index in [4.69, 9.17) is 0 Å². The molecule has 0 bridgehead atoms. The highest BCUT2D eigenvalue weighted by molar-refractivity contribution is 9.10. The molecule has 0 N–H and O–H groups in total. The molecule has 4 nitrogen and oxygen atoms in total. The van der Waals surface area contributed by atoms with Gasteiger partial charge in [-0.3, -0.25) is 10.1 Å². The van der Waals surface area contributed by atoms with Crippen LogP contribution in [0.1, 0.15) is 39.5 Å². The largest absolute Gasteiger partial charge is 0.340 e. The number of nitro groups is 1. The monoisotopic (exact) mass is 402 g/mol. The zero-order chi connectivity index (χ0) is 18.0. The topological polar surface area (TPSA) is 48.1 Å². The second-order valence-corrected chi connectivity index (χ2v) is 7.56. The summed E-state index contributed by atoms with van der Waals surface area (Å²) in [5, 5.41) is 13.2. The Hall–Kier alpha value is -1.88. The summed E-state index contributed by atoms with van der Waals surface area (Å²) in [6.07, 6.45) is 4.82. The molecule has 132 valence electrons. The van der Waals surface area contributed by atoms with E-state index in [0.29, 0.717) is 5.92 Å². The summed E-state index contributed by atoms with van der Waals surface area (Å²) in [7, 11) is 0. The van der Waals surface area contributed by atoms with Gasteiger partial charge in [-0.1, -0.05) is 49.0 Å². The van der Waals surface area contributed by atoms with Gasteiger partial charge in [-0.2, -0.15) is 0 Å². The highest BCUT2D eigenvalue weighted by Gasteiger charge is 2.17. The first-order chi connectivity index (χ1) is 12.0. The summed E-state index contributed by atoms with van der Waals surface area (Å²) in [5.41, 5.74) is 2.37. The van der Waals surface area contributed by atoms with Gasteiger partial charge in [0, 0.05) is 45.0 Å². The molecule has 0 saturated heterocycles. The first-order valence-corrected chi connectivity index (χ1v) is 9.70. The molecule has 1 heterocycles. The molecule has 0 spiro atoms. The van der Waals surface area contributed by atoms with Crippen molar-refractivity contribution >= 4 is 43.4 Å². The quantitative estimate of drug-likeness (QED) is 0.326. The van der Waals surface area contributed by atoms with Gasteiger partial charge in [0.2, 0.25) is 0 Å². The van der Waals surface area contributed by atoms with Crippen molar-refractivity contribution < 1.29 is 4.92 Å². The van der Waals surface area contributed by atoms with Crippen LogP contribution in [0.4, 0.5) is 5.69 Å². The van der Waals surface area contributed by atoms with Gasteiger partial charge in [0.25, 0.3) is 5.69 Å². The van der Waals surface area contributed by atoms with Gasteiger partial charge in [-0.25, -0.2) is 0 Å². The predicted molar refractivity (Wildman–Crippen MR) is 107 cm³/mol. The summed E-state index contributed by atoms with van der Waals surface area (Å²) in [4.78, 5) is 10.9. The van der Waals surface area contributed by atoms with Crippen LogP contribution in [-0.2, 0) is 6.54 Å². The lowest BCUT2D eigenvalue weighted by Gasteiger charge is -2.17. The van der Waals surface area contributed by atoms with E-state index in [1.807, 2.05) is 12.1 Å². The number of aromatic nitrogens is 1. The Bertz CT molecular complexity index is 917. The van der Waals surface area contributed by atoms with Gasteiger partial charge in [-0.15, -0.1) is 0 Å². The lowest BCUT2D eigenvalue weighted by Crippen LogP contribution is -2.10. The van der Waals surface area contributed by atoms with Gasteiger partial charge in [0.05, 0.1) is 4.92 Å². The lowest BCUT2D eigenvalue weighted by molar-refractivity contribution is -0.384. The van der Waals surface area contributed by atoms with Crippen LogP contribution in [0.2, 0.25) is 0 Å². The van der Waals surface area contributed by atoms with E-state index in [1.165, 1.54) is 19.3 Å². The van der Waals surface area contributed by atoms with Crippen molar-refractivity contribution in [1.29, 1.82) is 0 Å². The first kappa shape index (κ1) is 17.9. The van der Waals surface area contributed by atoms with Crippen LogP contribution in [-0.4, -0.2) is 9.49 Å². The fraction of sp³-hybridized carbons (Fsp3) is 0.400. The van der Waals surface area contributed by atoms with Gasteiger partial charge in [0.15, 0.2) is 0 Å². The molecular weight excluding hydrogens is 380 g/mol. The maximum Gasteiger partial charge on any atom is 0.270 e. The minimum absolute atomic E-state index is 0.143. The molecule has 0 saturated carbocycles. The highest BCUT2D eigenvalue weighted by Crippen LogP contribution is 2.34. The van der Waals surface area contributed by atoms with Gasteiger partial charge in [-0.05, 0) is 36.6 Å². The van der Waals surface area contributed by atoms with Crippen molar-refractivity contribution in [2.75, 3.05) is 0 Å². The van der Waals surface area contributed by atoms with Crippen molar-refractivity contribution in [3.63, 3.8) is 0 Å². The van der Waals surface area contributed by atoms with Gasteiger partial charge < -0.3 is 4.57 Å². The SMILES string of the molecule is CCCCC(CC)Cn1c2ccc(Br)cc2c2cc([N+](=O)[O-])ccc21. The van der Waals surface area contributed by atoms with E-state index >= 15 is 0 Å². The first-order valence-electron chi connectivity index (χ1n) is 8.91. The number of hydrogen-bond acceptors (Lipinski definition) is 2. The van der Waals surface area contributed by atoms with E-state index in [2.05, 4.69) is 46.5 Å². The molecule has 2 aromatic carbocycles. The van der Waals surface area contributed by atoms with E-state index in [9.17, 15) is 10.1 Å². The summed E-state index contributed by atoms with van der Waals surface area (Å²) < 4.78 is 3.33. The normalized spacial score (nSPS) is 12.8. The highest BCUT2D eigenvalue weighted by atomic mass is 79.9. The Morgan fingerprint density at radius 2 is 1.80 bits per heavy atom. The van der Waals surface area contributed by atoms with E-state index < -0.39 is 0 Å². The number of hydrogen-bond donors (Lipinski definition) is 0. The molecule has 3 aromatic rings. The standard InChI is InChI=1S/C20H23BrN2O2/c1-3-5-6-14(4-2)13-22-19-9-7-15(21)11-17(19)18-12-16(23(24)25)8-10-20(18)22/h7-12,14H,3-6,13H2,1-2H3. The molecule has 5 heteroatoms. The number of nitrogens with zero attached hydrogens (tertiary/aromatic N) is 2. The number of non-ortho nitro benzene ring substituents is 1. The molecule has 0 fully saturated rings. The smallest absolute Gasteiger partial charge is 0.270 e. The molecule has 25 heavy (non-hydrogen) atoms. The number of rotatable bonds is 7. The van der Waals surface area contributed by atoms with Crippen molar-refractivity contribution in [1.82, 2.24) is 4.57 Å². The van der Waals surface area contributed by atoms with Crippen LogP contribution in [0.25, 0.3) is 21.8 Å². The Morgan fingerprint density at radius 3 is 2.44 bits per heavy atom. The summed E-state index contributed by atoms with van der Waals surface area (Å²) in [6.45, 7) is 5.43. The van der Waals surface area contributed by atoms with Crippen LogP contribution in [0.15, 0.2) is 40.9 Å². The number of fused-ring (bicyclic) bond motifs is 3. The van der Waals surface area contributed by atoms with Crippen molar-refractivity contribution in [3.05, 3.63) is 51.0 Å². The third-order valence-corrected chi connectivity index (χ3v) is 5.50. The van der Waals surface area contributed by atoms with Crippen LogP contribution < -0.4 is 0 Å². The van der Waals surface area contributed by atoms with Gasteiger partial charge in [0.1, 0.15) is 0 Å². The number of halogens is 1. The van der Waals surface area contributed by atoms with Crippen molar-refractivity contribution in [2.24, 2.45) is 5.92 Å². The van der Waals surface area contributed by atoms with Crippen LogP contribution in [0.5, 0.6) is 0 Å². The molecule has 0 aliphatic rings. The summed E-state index contributed by atoms with van der Waals surface area (Å²) >= 11 is 3.53. The number of benzene rings is 2. The maximum atomic E-state index is 11.2. The number of nitro benzene ring substituents is 1. The van der Waals surface area contributed by atoms with Crippen LogP contribution in [0, 0.1) is 16.0 Å². The maximum absolute atomic E-state index is 11.2. The van der Waals surface area contributed by atoms with E-state index in [-0.39, 0.29) is 10.6 Å². The number of unbranched alkanes of at least 4 members (excludes halogenated alkanes) is 1. The van der Waals surface area contributed by atoms with Gasteiger partial charge >= 0.3 is 0 Å². The minimum atomic E-state index is -0.323. The molecule has 0 radical (unpaired) electrons. The Morgan fingerprint density at radius 1 is 1.12 bits per heavy atom. The molecule has 1 aromatic heterocycles. The molecule has 0 amide bonds. The molecule has 1 unspecified atom stereocenters. The Labute approximate surface area is 156 Å². The van der Waals surface area contributed by atoms with Crippen molar-refractivity contribution in [2.45, 2.75) is 46.1 Å². The lowest BCUT2D eigenvalue weighted by atomic mass is 9.99. The molecule has 3 rings (SSSR count). The average molecular weight is 403 g/mol. The Kier molecular flexibility index (Phi) is 5.42. The predicted octanol–water partition coefficient (Wildman–Crippen LogP) is 6.68. The zero-order valence-electron chi connectivity index (χ0n) is 14.7. The zero-order valence-corrected chi connectivity index (χ0v) is 16.3. The molecular formula is C20H23BrN2O2. The van der Waals surface area contributed by atoms with Crippen molar-refractivity contribution in [3.8, 4) is 0 Å². The third-order valence-electron chi connectivity index (χ3n) is 5.01. The fourth-order valence-electron chi connectivity index (χ4n) is 3.55. The molecule has 0 aliphatic heterocycles. The average Bonchev–Trinajstić information content (AvgIpc) is 2.90. The second kappa shape index (κ2) is 7.56. The fourth-order valence-corrected chi connectivity index (χ4v) is 3.91. The summed E-state index contributed by atoms with van der Waals surface area (Å²) in [5.74, 6) is 0.623. The van der Waals surface area contributed by atoms with Crippen LogP contribution in [0.3, 0.4) is 0 Å². The third kappa shape index (κ3) is 3.56. The minimum Gasteiger partial charge on any atom is -0.340 e. The second-order valence-electron chi connectivity index (χ2n) is 6.65. The van der Waals surface area contributed by atoms with Crippen LogP contribution >= 0.6 is 15.9 Å². The van der Waals surface area contributed by atoms with E-state index in [1.54, 1.807) is 12.1 Å². The molecule has 0 aliphatic carbocycles.